The van der Waals surface area contributed by atoms with Crippen LogP contribution < -0.4 is 18.9 Å². The number of para-hydroxylation sites is 1. The molecule has 2 N–H and O–H groups in total. The third-order valence-electron chi connectivity index (χ3n) is 13.9. The average molecular weight is 1170 g/mol. The summed E-state index contributed by atoms with van der Waals surface area (Å²) in [6, 6.07) is 33.2. The number of hydrogen-bond donors (Lipinski definition) is 2. The van der Waals surface area contributed by atoms with E-state index in [0.717, 1.165) is 59.4 Å². The largest absolute Gasteiger partial charge is 0.573 e. The predicted octanol–water partition coefficient (Wildman–Crippen LogP) is 12.9. The zero-order valence-electron chi connectivity index (χ0n) is 47.5. The van der Waals surface area contributed by atoms with Crippen molar-refractivity contribution in [3.8, 4) is 45.3 Å². The van der Waals surface area contributed by atoms with Gasteiger partial charge in [-0.3, -0.25) is 9.59 Å². The maximum absolute atomic E-state index is 13.7. The number of pyridine rings is 1. The van der Waals surface area contributed by atoms with E-state index in [9.17, 15) is 49.8 Å². The highest BCUT2D eigenvalue weighted by atomic mass is 32.2. The molecule has 0 bridgehead atoms. The number of carboxylic acids is 2. The molecule has 0 aliphatic carbocycles. The van der Waals surface area contributed by atoms with Gasteiger partial charge in [-0.1, -0.05) is 74.5 Å². The Bertz CT molecular complexity index is 3750. The molecule has 0 atom stereocenters. The number of fused-ring (bicyclic) bond motifs is 3. The van der Waals surface area contributed by atoms with Crippen LogP contribution in [0.2, 0.25) is 0 Å². The van der Waals surface area contributed by atoms with E-state index in [1.54, 1.807) is 56.5 Å². The Labute approximate surface area is 477 Å². The van der Waals surface area contributed by atoms with Gasteiger partial charge < -0.3 is 29.2 Å². The molecule has 436 valence electrons. The third kappa shape index (κ3) is 14.7. The minimum atomic E-state index is -4.87. The lowest BCUT2D eigenvalue weighted by Gasteiger charge is -2.33. The number of alkyl halides is 3. The van der Waals surface area contributed by atoms with E-state index in [0.29, 0.717) is 58.8 Å². The first-order chi connectivity index (χ1) is 38.5. The van der Waals surface area contributed by atoms with Crippen LogP contribution in [-0.2, 0) is 55.6 Å². The molecule has 20 heteroatoms. The third-order valence-corrected chi connectivity index (χ3v) is 17.5. The molecule has 0 radical (unpaired) electrons. The number of nitrogens with zero attached hydrogens (tertiary/aromatic N) is 3. The second kappa shape index (κ2) is 24.9. The Hall–Kier alpha value is -7.52. The zero-order chi connectivity index (χ0) is 60.1. The van der Waals surface area contributed by atoms with Crippen molar-refractivity contribution < 1.29 is 68.8 Å². The van der Waals surface area contributed by atoms with E-state index < -0.39 is 51.4 Å². The molecule has 7 aromatic rings. The highest BCUT2D eigenvalue weighted by molar-refractivity contribution is 7.89. The van der Waals surface area contributed by atoms with Crippen LogP contribution in [0.1, 0.15) is 93.5 Å². The standard InChI is InChI=1S/C32H34N2O6S.C28H28F3NO6S.C2H6/c1-20-16-22(7-10-25(20)26-11-13-29(39-5)31-27(26)9-6-21(2)33-31)18-34(19-30(35)36)41(37,38)24-8-12-28-23(17-24)14-15-32(3,4)40-28;1-18-14-19(8-10-22(18)23-6-4-5-7-25(23)38-28(29,30)31)16-32(17-26(33)34)39(35,36)21-9-11-24-20(15-21)12-13-27(2,3)37-24;1-2/h6-13,16-17H,14-15,18-19H2,1-5H3,(H,35,36);4-11,14-15H,12-13,16-17H2,1-3H3,(H,33,34);1-2H3. The lowest BCUT2D eigenvalue weighted by atomic mass is 9.94. The smallest absolute Gasteiger partial charge is 0.494 e. The van der Waals surface area contributed by atoms with Gasteiger partial charge in [-0.15, -0.1) is 13.2 Å². The topological polar surface area (TPSA) is 199 Å². The summed E-state index contributed by atoms with van der Waals surface area (Å²) in [5.41, 5.74) is 7.77. The summed E-state index contributed by atoms with van der Waals surface area (Å²) in [5, 5.41) is 20.0. The van der Waals surface area contributed by atoms with Gasteiger partial charge in [0, 0.05) is 29.7 Å². The van der Waals surface area contributed by atoms with Crippen molar-refractivity contribution in [1.29, 1.82) is 0 Å². The first-order valence-electron chi connectivity index (χ1n) is 26.6. The quantitative estimate of drug-likeness (QED) is 0.0927. The summed E-state index contributed by atoms with van der Waals surface area (Å²) < 4.78 is 117. The summed E-state index contributed by atoms with van der Waals surface area (Å²) in [7, 11) is -6.69. The molecule has 0 amide bonds. The molecular formula is C62H68F3N3O12S2. The first-order valence-corrected chi connectivity index (χ1v) is 29.5. The molecule has 9 rings (SSSR count). The van der Waals surface area contributed by atoms with Crippen LogP contribution in [0.4, 0.5) is 13.2 Å². The Morgan fingerprint density at radius 3 is 1.52 bits per heavy atom. The molecular weight excluding hydrogens is 1100 g/mol. The van der Waals surface area contributed by atoms with Crippen LogP contribution in [0.5, 0.6) is 23.0 Å². The molecule has 0 unspecified atom stereocenters. The summed E-state index contributed by atoms with van der Waals surface area (Å²) in [6.07, 6.45) is -2.11. The number of aliphatic carboxylic acids is 2. The number of sulfonamides is 2. The second-order valence-corrected chi connectivity index (χ2v) is 25.0. The molecule has 6 aromatic carbocycles. The highest BCUT2D eigenvalue weighted by Crippen LogP contribution is 2.40. The fraction of sp³-hybridized carbons (Fsp3) is 0.339. The van der Waals surface area contributed by atoms with Crippen LogP contribution in [0.25, 0.3) is 33.2 Å². The maximum atomic E-state index is 13.7. The molecule has 0 saturated carbocycles. The summed E-state index contributed by atoms with van der Waals surface area (Å²) >= 11 is 0. The normalized spacial score (nSPS) is 14.4. The van der Waals surface area contributed by atoms with Crippen molar-refractivity contribution in [2.75, 3.05) is 20.2 Å². The van der Waals surface area contributed by atoms with Crippen LogP contribution in [0.3, 0.4) is 0 Å². The molecule has 82 heavy (non-hydrogen) atoms. The van der Waals surface area contributed by atoms with Crippen molar-refractivity contribution >= 4 is 42.9 Å². The number of benzene rings is 6. The number of hydrogen-bond acceptors (Lipinski definition) is 11. The summed E-state index contributed by atoms with van der Waals surface area (Å²) in [6.45, 7) is 15.7. The van der Waals surface area contributed by atoms with Crippen molar-refractivity contribution in [3.63, 3.8) is 0 Å². The minimum Gasteiger partial charge on any atom is -0.494 e. The number of ether oxygens (including phenoxy) is 4. The van der Waals surface area contributed by atoms with E-state index >= 15 is 0 Å². The van der Waals surface area contributed by atoms with Gasteiger partial charge in [0.1, 0.15) is 52.8 Å². The minimum absolute atomic E-state index is 0.0441. The fourth-order valence-corrected chi connectivity index (χ4v) is 12.8. The molecule has 15 nitrogen and oxygen atoms in total. The number of carbonyl (C=O) groups is 2. The number of aryl methyl sites for hydroxylation is 5. The number of aromatic nitrogens is 1. The van der Waals surface area contributed by atoms with E-state index in [1.165, 1.54) is 36.4 Å². The molecule has 2 aliphatic heterocycles. The Kier molecular flexibility index (Phi) is 18.9. The lowest BCUT2D eigenvalue weighted by Crippen LogP contribution is -2.36. The van der Waals surface area contributed by atoms with Gasteiger partial charge in [-0.2, -0.15) is 8.61 Å². The van der Waals surface area contributed by atoms with Crippen molar-refractivity contribution in [1.82, 2.24) is 13.6 Å². The Balaban J connectivity index is 0.000000230. The molecule has 0 saturated heterocycles. The van der Waals surface area contributed by atoms with E-state index in [1.807, 2.05) is 97.9 Å². The second-order valence-electron chi connectivity index (χ2n) is 21.1. The van der Waals surface area contributed by atoms with Gasteiger partial charge in [-0.05, 0) is 185 Å². The van der Waals surface area contributed by atoms with Crippen molar-refractivity contribution in [2.45, 2.75) is 128 Å². The van der Waals surface area contributed by atoms with Gasteiger partial charge in [0.25, 0.3) is 0 Å². The van der Waals surface area contributed by atoms with Crippen molar-refractivity contribution in [3.05, 3.63) is 160 Å². The van der Waals surface area contributed by atoms with Crippen LogP contribution in [-0.4, -0.2) is 90.3 Å². The number of methoxy groups -OCH3 is 1. The average Bonchev–Trinajstić information content (AvgIpc) is 2.74. The number of carboxylic acid groups (broad SMARTS) is 2. The highest BCUT2D eigenvalue weighted by Gasteiger charge is 2.35. The van der Waals surface area contributed by atoms with Crippen LogP contribution in [0, 0.1) is 20.8 Å². The van der Waals surface area contributed by atoms with Crippen molar-refractivity contribution in [2.24, 2.45) is 0 Å². The monoisotopic (exact) mass is 1170 g/mol. The lowest BCUT2D eigenvalue weighted by molar-refractivity contribution is -0.274. The summed E-state index contributed by atoms with van der Waals surface area (Å²) in [4.78, 5) is 28.0. The van der Waals surface area contributed by atoms with E-state index in [-0.39, 0.29) is 45.4 Å². The van der Waals surface area contributed by atoms with Gasteiger partial charge in [0.2, 0.25) is 20.0 Å². The van der Waals surface area contributed by atoms with Gasteiger partial charge in [-0.25, -0.2) is 21.8 Å². The molecule has 2 aliphatic rings. The molecule has 1 aromatic heterocycles. The zero-order valence-corrected chi connectivity index (χ0v) is 49.1. The van der Waals surface area contributed by atoms with E-state index in [2.05, 4.69) is 9.72 Å². The Morgan fingerprint density at radius 1 is 0.610 bits per heavy atom. The van der Waals surface area contributed by atoms with Crippen LogP contribution in [0.15, 0.2) is 131 Å². The maximum Gasteiger partial charge on any atom is 0.573 e. The summed E-state index contributed by atoms with van der Waals surface area (Å²) in [5.74, 6) is -0.973. The van der Waals surface area contributed by atoms with Gasteiger partial charge in [0.05, 0.1) is 16.9 Å². The molecule has 3 heterocycles. The molecule has 0 spiro atoms. The van der Waals surface area contributed by atoms with Gasteiger partial charge >= 0.3 is 18.3 Å². The van der Waals surface area contributed by atoms with Crippen LogP contribution >= 0.6 is 0 Å². The fourth-order valence-electron chi connectivity index (χ4n) is 9.89. The number of halogens is 3. The number of rotatable bonds is 16. The molecule has 0 fully saturated rings. The van der Waals surface area contributed by atoms with Gasteiger partial charge in [0.15, 0.2) is 0 Å². The predicted molar refractivity (Wildman–Crippen MR) is 307 cm³/mol. The first kappa shape index (κ1) is 62.1. The van der Waals surface area contributed by atoms with E-state index in [4.69, 9.17) is 14.2 Å². The Morgan fingerprint density at radius 2 is 1.07 bits per heavy atom. The SMILES string of the molecule is CC.COc1ccc(-c2ccc(CN(CC(=O)O)S(=O)(=O)c3ccc4c(c3)CCC(C)(C)O4)cc2C)c2ccc(C)nc12.Cc1cc(CN(CC(=O)O)S(=O)(=O)c2ccc3c(c2)CCC(C)(C)O3)ccc1-c1ccccc1OC(F)(F)F.